The van der Waals surface area contributed by atoms with Crippen molar-refractivity contribution in [3.8, 4) is 12.8 Å². The highest BCUT2D eigenvalue weighted by atomic mass is 16.5. The standard InChI is InChI=1S/C30H44N4O4.C2H2/c1-7-14-31(8-2)21-28(35)32-15-12-30(13-16-32)27-18-22(4)17-25-23(20-33(27)29(36)34(30)9-3)10-11-24(37-5)19-26(25)38-6;1-2/h7,11,14,18-19,22H,8-10,12-13,15-17,20-21H2,1-6H3;1-2H/b14-7-,27-18-;/t22-;/m1./s1. The molecule has 8 heteroatoms. The van der Waals surface area contributed by atoms with Crippen molar-refractivity contribution < 1.29 is 19.1 Å². The molecule has 3 heterocycles. The van der Waals surface area contributed by atoms with Crippen molar-refractivity contribution in [3.05, 3.63) is 58.9 Å². The predicted molar refractivity (Wildman–Crippen MR) is 159 cm³/mol. The molecule has 8 nitrogen and oxygen atoms in total. The molecule has 4 aliphatic rings. The zero-order chi connectivity index (χ0) is 29.4. The summed E-state index contributed by atoms with van der Waals surface area (Å²) in [6.45, 7) is 12.0. The molecular weight excluding hydrogens is 504 g/mol. The molecule has 40 heavy (non-hydrogen) atoms. The van der Waals surface area contributed by atoms with Gasteiger partial charge < -0.3 is 24.2 Å². The average molecular weight is 551 g/mol. The Labute approximate surface area is 240 Å². The fraction of sp³-hybridized carbons (Fsp3) is 0.562. The number of methoxy groups -OCH3 is 2. The number of ether oxygens (including phenoxy) is 2. The summed E-state index contributed by atoms with van der Waals surface area (Å²) in [6, 6.07) is 0.0628. The summed E-state index contributed by atoms with van der Waals surface area (Å²) in [5, 5.41) is 0. The van der Waals surface area contributed by atoms with E-state index in [-0.39, 0.29) is 23.4 Å². The first-order chi connectivity index (χ1) is 19.3. The third-order valence-corrected chi connectivity index (χ3v) is 8.43. The number of amides is 3. The highest BCUT2D eigenvalue weighted by Gasteiger charge is 2.54. The lowest BCUT2D eigenvalue weighted by Crippen LogP contribution is -2.55. The van der Waals surface area contributed by atoms with Gasteiger partial charge in [0, 0.05) is 44.5 Å². The lowest BCUT2D eigenvalue weighted by atomic mass is 9.80. The van der Waals surface area contributed by atoms with E-state index < -0.39 is 0 Å². The molecule has 0 radical (unpaired) electrons. The molecule has 4 rings (SSSR count). The van der Waals surface area contributed by atoms with E-state index in [1.165, 1.54) is 5.57 Å². The summed E-state index contributed by atoms with van der Waals surface area (Å²) in [6.07, 6.45) is 21.3. The van der Waals surface area contributed by atoms with Gasteiger partial charge >= 0.3 is 6.03 Å². The summed E-state index contributed by atoms with van der Waals surface area (Å²) in [7, 11) is 3.37. The maximum absolute atomic E-state index is 13.9. The van der Waals surface area contributed by atoms with Gasteiger partial charge in [-0.2, -0.15) is 0 Å². The molecule has 218 valence electrons. The number of nitrogens with zero attached hydrogens (tertiary/aromatic N) is 4. The maximum atomic E-state index is 13.9. The lowest BCUT2D eigenvalue weighted by Gasteiger charge is -2.45. The van der Waals surface area contributed by atoms with E-state index in [1.807, 2.05) is 40.0 Å². The smallest absolute Gasteiger partial charge is 0.325 e. The minimum atomic E-state index is -0.374. The van der Waals surface area contributed by atoms with Crippen LogP contribution in [0.15, 0.2) is 58.9 Å². The number of likely N-dealkylation sites (tertiary alicyclic amines) is 1. The number of piperidine rings is 1. The first-order valence-corrected chi connectivity index (χ1v) is 14.3. The second kappa shape index (κ2) is 13.6. The van der Waals surface area contributed by atoms with E-state index in [4.69, 9.17) is 9.47 Å². The van der Waals surface area contributed by atoms with Crippen molar-refractivity contribution in [1.29, 1.82) is 0 Å². The molecule has 1 atom stereocenters. The largest absolute Gasteiger partial charge is 0.497 e. The van der Waals surface area contributed by atoms with Gasteiger partial charge in [0.2, 0.25) is 5.91 Å². The number of hydrogen-bond donors (Lipinski definition) is 0. The van der Waals surface area contributed by atoms with Crippen LogP contribution in [0.1, 0.15) is 53.4 Å². The van der Waals surface area contributed by atoms with E-state index in [9.17, 15) is 9.59 Å². The summed E-state index contributed by atoms with van der Waals surface area (Å²) >= 11 is 0. The maximum Gasteiger partial charge on any atom is 0.325 e. The number of allylic oxidation sites excluding steroid dienone is 5. The van der Waals surface area contributed by atoms with Gasteiger partial charge in [-0.1, -0.05) is 19.1 Å². The zero-order valence-corrected chi connectivity index (χ0v) is 25.1. The number of hydrogen-bond acceptors (Lipinski definition) is 5. The fourth-order valence-electron chi connectivity index (χ4n) is 6.43. The van der Waals surface area contributed by atoms with Crippen molar-refractivity contribution in [2.45, 2.75) is 58.9 Å². The number of urea groups is 1. The first kappa shape index (κ1) is 30.9. The second-order valence-electron chi connectivity index (χ2n) is 10.6. The Morgan fingerprint density at radius 2 is 1.90 bits per heavy atom. The summed E-state index contributed by atoms with van der Waals surface area (Å²) in [4.78, 5) is 35.1. The van der Waals surface area contributed by atoms with Gasteiger partial charge in [0.1, 0.15) is 11.5 Å². The Hall–Kier alpha value is -3.60. The Balaban J connectivity index is 0.00000216. The first-order valence-electron chi connectivity index (χ1n) is 14.3. The normalized spacial score (nSPS) is 23.5. The minimum absolute atomic E-state index is 0.0628. The van der Waals surface area contributed by atoms with Crippen LogP contribution in [0, 0.1) is 18.8 Å². The van der Waals surface area contributed by atoms with Crippen LogP contribution in [0.4, 0.5) is 4.79 Å². The molecule has 0 saturated carbocycles. The molecule has 3 amide bonds. The monoisotopic (exact) mass is 550 g/mol. The number of terminal acetylenes is 1. The highest BCUT2D eigenvalue weighted by molar-refractivity contribution is 5.83. The molecular formula is C32H46N4O4. The van der Waals surface area contributed by atoms with Crippen LogP contribution in [0.5, 0.6) is 0 Å². The molecule has 2 saturated heterocycles. The topological polar surface area (TPSA) is 65.6 Å². The molecule has 0 aromatic heterocycles. The number of fused-ring (bicyclic) bond motifs is 2. The number of rotatable bonds is 7. The van der Waals surface area contributed by atoms with E-state index >= 15 is 0 Å². The van der Waals surface area contributed by atoms with Gasteiger partial charge in [0.25, 0.3) is 0 Å². The molecule has 0 aromatic carbocycles. The van der Waals surface area contributed by atoms with Crippen LogP contribution in [-0.2, 0) is 14.3 Å². The van der Waals surface area contributed by atoms with Gasteiger partial charge in [-0.15, -0.1) is 12.8 Å². The Bertz CT molecular complexity index is 1120. The van der Waals surface area contributed by atoms with Crippen molar-refractivity contribution >= 4 is 11.9 Å². The summed E-state index contributed by atoms with van der Waals surface area (Å²) < 4.78 is 11.3. The highest BCUT2D eigenvalue weighted by Crippen LogP contribution is 2.46. The molecule has 3 aliphatic heterocycles. The van der Waals surface area contributed by atoms with Gasteiger partial charge in [-0.05, 0) is 75.8 Å². The number of likely N-dealkylation sites (N-methyl/N-ethyl adjacent to an activating group) is 2. The quantitative estimate of drug-likeness (QED) is 0.422. The van der Waals surface area contributed by atoms with Crippen LogP contribution in [0.2, 0.25) is 0 Å². The van der Waals surface area contributed by atoms with Gasteiger partial charge in [0.05, 0.1) is 26.3 Å². The molecule has 1 spiro atoms. The Kier molecular flexibility index (Phi) is 10.6. The van der Waals surface area contributed by atoms with E-state index in [0.717, 1.165) is 48.6 Å². The molecule has 0 aromatic rings. The third-order valence-electron chi connectivity index (χ3n) is 8.43. The van der Waals surface area contributed by atoms with E-state index in [1.54, 1.807) is 14.2 Å². The lowest BCUT2D eigenvalue weighted by molar-refractivity contribution is -0.133. The van der Waals surface area contributed by atoms with Gasteiger partial charge in [-0.25, -0.2) is 4.79 Å². The van der Waals surface area contributed by atoms with Crippen LogP contribution < -0.4 is 0 Å². The number of carbonyl (C=O) groups is 2. The van der Waals surface area contributed by atoms with Crippen LogP contribution >= 0.6 is 0 Å². The van der Waals surface area contributed by atoms with Crippen molar-refractivity contribution in [2.24, 2.45) is 5.92 Å². The van der Waals surface area contributed by atoms with Crippen molar-refractivity contribution in [3.63, 3.8) is 0 Å². The molecule has 0 bridgehead atoms. The second-order valence-corrected chi connectivity index (χ2v) is 10.6. The number of carbonyl (C=O) groups excluding carboxylic acids is 2. The molecule has 0 unspecified atom stereocenters. The molecule has 1 aliphatic carbocycles. The van der Waals surface area contributed by atoms with Crippen LogP contribution in [-0.4, -0.2) is 90.6 Å². The Morgan fingerprint density at radius 1 is 1.20 bits per heavy atom. The van der Waals surface area contributed by atoms with E-state index in [0.29, 0.717) is 39.1 Å². The Morgan fingerprint density at radius 3 is 2.48 bits per heavy atom. The van der Waals surface area contributed by atoms with Crippen molar-refractivity contribution in [2.75, 3.05) is 53.5 Å². The fourth-order valence-corrected chi connectivity index (χ4v) is 6.43. The van der Waals surface area contributed by atoms with Crippen molar-refractivity contribution in [1.82, 2.24) is 19.6 Å². The van der Waals surface area contributed by atoms with Crippen LogP contribution in [0.3, 0.4) is 0 Å². The minimum Gasteiger partial charge on any atom is -0.497 e. The molecule has 2 fully saturated rings. The van der Waals surface area contributed by atoms with E-state index in [2.05, 4.69) is 50.7 Å². The molecule has 0 N–H and O–H groups in total. The van der Waals surface area contributed by atoms with Gasteiger partial charge in [0.15, 0.2) is 0 Å². The zero-order valence-electron chi connectivity index (χ0n) is 25.1. The average Bonchev–Trinajstić information content (AvgIpc) is 3.06. The van der Waals surface area contributed by atoms with Crippen LogP contribution in [0.25, 0.3) is 0 Å². The summed E-state index contributed by atoms with van der Waals surface area (Å²) in [5.74, 6) is 1.97. The third kappa shape index (κ3) is 5.94. The SMILES string of the molecule is C#C.C/C=C\N(CC)CC(=O)N1CCC2(CC1)/C1=C/[C@H](C)CC3=C(CC=C(OC)C=C3OC)CN1C(=O)N2CC. The summed E-state index contributed by atoms with van der Waals surface area (Å²) in [5.41, 5.74) is 3.10. The van der Waals surface area contributed by atoms with Gasteiger partial charge in [-0.3, -0.25) is 9.69 Å². The predicted octanol–water partition coefficient (Wildman–Crippen LogP) is 4.89.